The number of carboxylic acids is 1. The Morgan fingerprint density at radius 1 is 1.32 bits per heavy atom. The largest absolute Gasteiger partial charge is 0.478 e. The van der Waals surface area contributed by atoms with Crippen LogP contribution in [0.1, 0.15) is 16.8 Å². The minimum absolute atomic E-state index is 0.227. The molecule has 0 unspecified atom stereocenters. The molecule has 19 heavy (non-hydrogen) atoms. The van der Waals surface area contributed by atoms with E-state index in [0.717, 1.165) is 25.1 Å². The van der Waals surface area contributed by atoms with Crippen molar-refractivity contribution in [3.8, 4) is 0 Å². The first-order chi connectivity index (χ1) is 9.04. The molecule has 0 saturated heterocycles. The Morgan fingerprint density at radius 2 is 2.05 bits per heavy atom. The molecule has 0 heterocycles. The van der Waals surface area contributed by atoms with E-state index in [1.165, 1.54) is 6.07 Å². The van der Waals surface area contributed by atoms with E-state index >= 15 is 0 Å². The quantitative estimate of drug-likeness (QED) is 0.585. The molecular formula is C12H16FN3O3. The molecule has 4 N–H and O–H groups in total. The first-order valence-electron chi connectivity index (χ1n) is 5.77. The third-order valence-electron chi connectivity index (χ3n) is 2.34. The summed E-state index contributed by atoms with van der Waals surface area (Å²) in [7, 11) is 1.81. The average molecular weight is 269 g/mol. The van der Waals surface area contributed by atoms with Gasteiger partial charge in [-0.25, -0.2) is 14.0 Å². The van der Waals surface area contributed by atoms with Crippen molar-refractivity contribution in [2.45, 2.75) is 6.42 Å². The molecular weight excluding hydrogens is 253 g/mol. The van der Waals surface area contributed by atoms with Gasteiger partial charge in [-0.2, -0.15) is 0 Å². The standard InChI is InChI=1S/C12H16FN3O3/c1-14-5-2-6-15-12(19)16-8-3-4-10(13)9(7-8)11(17)18/h3-4,7,14H,2,5-6H2,1H3,(H,17,18)(H2,15,16,19). The first kappa shape index (κ1) is 14.9. The molecule has 0 radical (unpaired) electrons. The number of amides is 2. The van der Waals surface area contributed by atoms with Crippen molar-refractivity contribution in [2.75, 3.05) is 25.5 Å². The monoisotopic (exact) mass is 269 g/mol. The van der Waals surface area contributed by atoms with E-state index in [-0.39, 0.29) is 5.69 Å². The summed E-state index contributed by atoms with van der Waals surface area (Å²) in [4.78, 5) is 22.2. The van der Waals surface area contributed by atoms with Gasteiger partial charge in [0.2, 0.25) is 0 Å². The predicted molar refractivity (Wildman–Crippen MR) is 68.9 cm³/mol. The van der Waals surface area contributed by atoms with Gasteiger partial charge in [0.25, 0.3) is 0 Å². The van der Waals surface area contributed by atoms with E-state index in [9.17, 15) is 14.0 Å². The van der Waals surface area contributed by atoms with Gasteiger partial charge in [-0.15, -0.1) is 0 Å². The van der Waals surface area contributed by atoms with E-state index in [2.05, 4.69) is 16.0 Å². The van der Waals surface area contributed by atoms with Gasteiger partial charge in [-0.05, 0) is 38.2 Å². The number of anilines is 1. The lowest BCUT2D eigenvalue weighted by molar-refractivity contribution is 0.0692. The molecule has 104 valence electrons. The number of carbonyl (C=O) groups excluding carboxylic acids is 1. The minimum atomic E-state index is -1.38. The zero-order valence-corrected chi connectivity index (χ0v) is 10.5. The highest BCUT2D eigenvalue weighted by Gasteiger charge is 2.11. The van der Waals surface area contributed by atoms with Gasteiger partial charge in [-0.1, -0.05) is 0 Å². The lowest BCUT2D eigenvalue weighted by Crippen LogP contribution is -2.30. The molecule has 0 aliphatic carbocycles. The van der Waals surface area contributed by atoms with Crippen LogP contribution in [0.4, 0.5) is 14.9 Å². The maximum Gasteiger partial charge on any atom is 0.338 e. The highest BCUT2D eigenvalue weighted by atomic mass is 19.1. The van der Waals surface area contributed by atoms with Crippen LogP contribution in [0.5, 0.6) is 0 Å². The van der Waals surface area contributed by atoms with Crippen LogP contribution in [-0.2, 0) is 0 Å². The number of aromatic carboxylic acids is 1. The lowest BCUT2D eigenvalue weighted by atomic mass is 10.2. The number of hydrogen-bond acceptors (Lipinski definition) is 3. The van der Waals surface area contributed by atoms with Crippen LogP contribution in [0.25, 0.3) is 0 Å². The summed E-state index contributed by atoms with van der Waals surface area (Å²) in [5.41, 5.74) is -0.252. The lowest BCUT2D eigenvalue weighted by Gasteiger charge is -2.08. The van der Waals surface area contributed by atoms with E-state index in [4.69, 9.17) is 5.11 Å². The molecule has 0 aromatic heterocycles. The number of hydrogen-bond donors (Lipinski definition) is 4. The molecule has 1 aromatic rings. The summed E-state index contributed by atoms with van der Waals surface area (Å²) in [6, 6.07) is 2.92. The SMILES string of the molecule is CNCCCNC(=O)Nc1ccc(F)c(C(=O)O)c1. The molecule has 0 fully saturated rings. The maximum absolute atomic E-state index is 13.1. The van der Waals surface area contributed by atoms with Gasteiger partial charge in [0.05, 0.1) is 5.56 Å². The summed E-state index contributed by atoms with van der Waals surface area (Å²) < 4.78 is 13.1. The fourth-order valence-electron chi connectivity index (χ4n) is 1.41. The van der Waals surface area contributed by atoms with Crippen molar-refractivity contribution in [1.29, 1.82) is 0 Å². The van der Waals surface area contributed by atoms with Crippen LogP contribution in [-0.4, -0.2) is 37.2 Å². The van der Waals surface area contributed by atoms with Gasteiger partial charge in [-0.3, -0.25) is 0 Å². The molecule has 1 aromatic carbocycles. The molecule has 1 rings (SSSR count). The molecule has 7 heteroatoms. The van der Waals surface area contributed by atoms with Gasteiger partial charge >= 0.3 is 12.0 Å². The number of carbonyl (C=O) groups is 2. The molecule has 0 aliphatic heterocycles. The van der Waals surface area contributed by atoms with Crippen LogP contribution >= 0.6 is 0 Å². The molecule has 0 atom stereocenters. The maximum atomic E-state index is 13.1. The van der Waals surface area contributed by atoms with Crippen LogP contribution in [0.15, 0.2) is 18.2 Å². The number of carboxylic acid groups (broad SMARTS) is 1. The summed E-state index contributed by atoms with van der Waals surface area (Å²) in [6.45, 7) is 1.26. The average Bonchev–Trinajstić information content (AvgIpc) is 2.36. The topological polar surface area (TPSA) is 90.5 Å². The van der Waals surface area contributed by atoms with Crippen LogP contribution in [0.3, 0.4) is 0 Å². The van der Waals surface area contributed by atoms with Crippen LogP contribution in [0.2, 0.25) is 0 Å². The smallest absolute Gasteiger partial charge is 0.338 e. The second kappa shape index (κ2) is 7.32. The minimum Gasteiger partial charge on any atom is -0.478 e. The molecule has 0 saturated carbocycles. The van der Waals surface area contributed by atoms with Gasteiger partial charge in [0, 0.05) is 12.2 Å². The Morgan fingerprint density at radius 3 is 2.68 bits per heavy atom. The van der Waals surface area contributed by atoms with Crippen molar-refractivity contribution in [1.82, 2.24) is 10.6 Å². The molecule has 6 nitrogen and oxygen atoms in total. The van der Waals surface area contributed by atoms with Crippen molar-refractivity contribution in [2.24, 2.45) is 0 Å². The summed E-state index contributed by atoms with van der Waals surface area (Å²) >= 11 is 0. The van der Waals surface area contributed by atoms with Crippen molar-refractivity contribution < 1.29 is 19.1 Å². The third kappa shape index (κ3) is 4.92. The highest BCUT2D eigenvalue weighted by molar-refractivity contribution is 5.93. The Kier molecular flexibility index (Phi) is 5.74. The molecule has 0 spiro atoms. The second-order valence-corrected chi connectivity index (χ2v) is 3.84. The molecule has 2 amide bonds. The zero-order valence-electron chi connectivity index (χ0n) is 10.5. The Labute approximate surface area is 110 Å². The normalized spacial score (nSPS) is 10.0. The van der Waals surface area contributed by atoms with Crippen molar-refractivity contribution >= 4 is 17.7 Å². The van der Waals surface area contributed by atoms with E-state index < -0.39 is 23.4 Å². The van der Waals surface area contributed by atoms with E-state index in [0.29, 0.717) is 6.54 Å². The summed E-state index contributed by atoms with van der Waals surface area (Å²) in [6.07, 6.45) is 0.772. The van der Waals surface area contributed by atoms with E-state index in [1.807, 2.05) is 7.05 Å². The third-order valence-corrected chi connectivity index (χ3v) is 2.34. The van der Waals surface area contributed by atoms with Crippen LogP contribution < -0.4 is 16.0 Å². The number of halogens is 1. The van der Waals surface area contributed by atoms with E-state index in [1.54, 1.807) is 0 Å². The fraction of sp³-hybridized carbons (Fsp3) is 0.333. The Hall–Kier alpha value is -2.15. The van der Waals surface area contributed by atoms with Gasteiger partial charge in [0.15, 0.2) is 0 Å². The van der Waals surface area contributed by atoms with Gasteiger partial charge < -0.3 is 21.1 Å². The molecule has 0 bridgehead atoms. The highest BCUT2D eigenvalue weighted by Crippen LogP contribution is 2.14. The number of benzene rings is 1. The zero-order chi connectivity index (χ0) is 14.3. The molecule has 0 aliphatic rings. The Balaban J connectivity index is 2.55. The Bertz CT molecular complexity index is 466. The number of nitrogens with one attached hydrogen (secondary N) is 3. The number of urea groups is 1. The first-order valence-corrected chi connectivity index (χ1v) is 5.77. The summed E-state index contributed by atoms with van der Waals surface area (Å²) in [5, 5.41) is 16.7. The number of rotatable bonds is 6. The van der Waals surface area contributed by atoms with Crippen LogP contribution in [0, 0.1) is 5.82 Å². The predicted octanol–water partition coefficient (Wildman–Crippen LogP) is 1.25. The van der Waals surface area contributed by atoms with Crippen molar-refractivity contribution in [3.05, 3.63) is 29.6 Å². The second-order valence-electron chi connectivity index (χ2n) is 3.84. The summed E-state index contributed by atoms with van der Waals surface area (Å²) in [5.74, 6) is -2.22. The fourth-order valence-corrected chi connectivity index (χ4v) is 1.41. The van der Waals surface area contributed by atoms with Crippen molar-refractivity contribution in [3.63, 3.8) is 0 Å². The van der Waals surface area contributed by atoms with Gasteiger partial charge in [0.1, 0.15) is 5.82 Å².